The van der Waals surface area contributed by atoms with Crippen LogP contribution in [0, 0.1) is 0 Å². The molecule has 24 heteroatoms. The Labute approximate surface area is 368 Å². The number of amides is 2. The fourth-order valence-electron chi connectivity index (χ4n) is 5.23. The van der Waals surface area contributed by atoms with E-state index >= 15 is 0 Å². The number of hydrogen-bond donors (Lipinski definition) is 0. The van der Waals surface area contributed by atoms with Crippen LogP contribution in [-0.4, -0.2) is 142 Å². The van der Waals surface area contributed by atoms with E-state index in [4.69, 9.17) is 37.9 Å². The van der Waals surface area contributed by atoms with Gasteiger partial charge >= 0.3 is 47.8 Å². The molecule has 1 aromatic carbocycles. The number of rotatable bonds is 17. The van der Waals surface area contributed by atoms with E-state index in [-0.39, 0.29) is 29.2 Å². The van der Waals surface area contributed by atoms with Gasteiger partial charge in [-0.25, -0.2) is 33.7 Å². The summed E-state index contributed by atoms with van der Waals surface area (Å²) in [6.45, 7) is 11.5. The van der Waals surface area contributed by atoms with Crippen LogP contribution in [0.3, 0.4) is 0 Å². The molecular weight excluding hydrogens is 906 g/mol. The summed E-state index contributed by atoms with van der Waals surface area (Å²) < 4.78 is 40.4. The zero-order valence-electron chi connectivity index (χ0n) is 35.8. The van der Waals surface area contributed by atoms with E-state index in [1.807, 2.05) is 0 Å². The summed E-state index contributed by atoms with van der Waals surface area (Å²) in [5.74, 6) is -10.4. The number of guanidine groups is 1. The third-order valence-corrected chi connectivity index (χ3v) is 9.22. The molecule has 1 aliphatic rings. The van der Waals surface area contributed by atoms with Crippen molar-refractivity contribution < 1.29 is 85.8 Å². The van der Waals surface area contributed by atoms with Crippen molar-refractivity contribution in [3.05, 3.63) is 29.0 Å². The predicted molar refractivity (Wildman–Crippen MR) is 215 cm³/mol. The van der Waals surface area contributed by atoms with Gasteiger partial charge in [0.15, 0.2) is 48.8 Å². The summed E-state index contributed by atoms with van der Waals surface area (Å²) in [7, 11) is 0. The lowest BCUT2D eigenvalue weighted by Gasteiger charge is -2.32. The summed E-state index contributed by atoms with van der Waals surface area (Å²) in [6.07, 6.45) is -9.34. The van der Waals surface area contributed by atoms with Gasteiger partial charge in [0.1, 0.15) is 5.52 Å². The molecule has 63 heavy (non-hydrogen) atoms. The zero-order valence-corrected chi connectivity index (χ0v) is 37.4. The predicted octanol–water partition coefficient (Wildman–Crippen LogP) is 1.42. The molecule has 2 heterocycles. The van der Waals surface area contributed by atoms with Crippen LogP contribution in [-0.2, 0) is 85.8 Å². The van der Waals surface area contributed by atoms with E-state index in [2.05, 4.69) is 30.9 Å². The molecule has 2 amide bonds. The fourth-order valence-corrected chi connectivity index (χ4v) is 5.85. The number of anilines is 1. The van der Waals surface area contributed by atoms with Gasteiger partial charge in [-0.05, 0) is 83.5 Å². The maximum Gasteiger partial charge on any atom is 0.347 e. The largest absolute Gasteiger partial charge is 0.451 e. The molecule has 0 fully saturated rings. The first kappa shape index (κ1) is 50.8. The summed E-state index contributed by atoms with van der Waals surface area (Å²) in [5.41, 5.74) is 0.771. The number of aromatic nitrogens is 2. The molecule has 3 rings (SSSR count). The molecule has 2 aromatic rings. The SMILES string of the molecule is CC(=O)O[C@@H](C)C(=O)O[C@@H](C)C(=O)O[C@@H](C)C(=O)O[C@@H](C)C(=O)N1CCN=C1N(C(=O)[C@H](C)OC(=O)[C@H](C)OC(=O)[C@H](C)OC(=O)[C@H](C)OC(C)=O)c1ccc2nccnc2c1Br. The maximum absolute atomic E-state index is 14.4. The molecule has 0 aliphatic carbocycles. The Balaban J connectivity index is 1.79. The van der Waals surface area contributed by atoms with Gasteiger partial charge in [-0.15, -0.1) is 0 Å². The van der Waals surface area contributed by atoms with Crippen molar-refractivity contribution in [2.75, 3.05) is 18.0 Å². The number of esters is 8. The minimum absolute atomic E-state index is 0.0409. The fraction of sp³-hybridized carbons (Fsp3) is 0.513. The first-order valence-electron chi connectivity index (χ1n) is 19.1. The maximum atomic E-state index is 14.4. The van der Waals surface area contributed by atoms with E-state index in [1.165, 1.54) is 52.2 Å². The molecule has 0 saturated carbocycles. The van der Waals surface area contributed by atoms with Gasteiger partial charge < -0.3 is 37.9 Å². The Morgan fingerprint density at radius 3 is 1.37 bits per heavy atom. The molecular formula is C39H46BrN5O18. The molecule has 1 aliphatic heterocycles. The van der Waals surface area contributed by atoms with Crippen LogP contribution in [0.5, 0.6) is 0 Å². The van der Waals surface area contributed by atoms with E-state index in [9.17, 15) is 47.9 Å². The number of aliphatic imine (C=N–C) groups is 1. The molecule has 0 unspecified atom stereocenters. The van der Waals surface area contributed by atoms with Crippen LogP contribution < -0.4 is 4.90 Å². The summed E-state index contributed by atoms with van der Waals surface area (Å²) in [5, 5.41) is 0. The molecule has 0 bridgehead atoms. The highest BCUT2D eigenvalue weighted by Crippen LogP contribution is 2.34. The minimum Gasteiger partial charge on any atom is -0.451 e. The minimum atomic E-state index is -1.65. The number of nitrogens with zero attached hydrogens (tertiary/aromatic N) is 5. The molecule has 8 atom stereocenters. The number of hydrogen-bond acceptors (Lipinski definition) is 21. The Kier molecular flexibility index (Phi) is 18.1. The molecule has 0 saturated heterocycles. The Hall–Kier alpha value is -6.59. The van der Waals surface area contributed by atoms with Gasteiger partial charge in [0.25, 0.3) is 11.8 Å². The second kappa shape index (κ2) is 22.5. The number of carbonyl (C=O) groups is 10. The van der Waals surface area contributed by atoms with Crippen molar-refractivity contribution in [2.24, 2.45) is 4.99 Å². The second-order valence-corrected chi connectivity index (χ2v) is 14.4. The lowest BCUT2D eigenvalue weighted by atomic mass is 10.2. The monoisotopic (exact) mass is 951 g/mol. The standard InChI is InChI=1S/C39H46BrN5O18/c1-17(58-35(52)21(5)62-37(54)23(7)60-33(50)19(3)56-25(9)46)31(48)44-16-15-43-39(44)45(28-12-11-27-30(29(28)40)42-14-13-41-27)32(49)18(2)59-36(53)22(6)63-38(55)24(8)61-34(51)20(4)57-26(10)47/h11-14,17-24H,15-16H2,1-10H3/t17-,18-,19-,20-,21-,22-,23-,24-/m0/s1. The quantitative estimate of drug-likeness (QED) is 0.160. The molecule has 1 aromatic heterocycles. The lowest BCUT2D eigenvalue weighted by Crippen LogP contribution is -2.54. The highest BCUT2D eigenvalue weighted by Gasteiger charge is 2.40. The molecule has 0 radical (unpaired) electrons. The number of halogens is 1. The number of carbonyl (C=O) groups excluding carboxylic acids is 10. The van der Waals surface area contributed by atoms with Crippen LogP contribution in [0.25, 0.3) is 11.0 Å². The van der Waals surface area contributed by atoms with Crippen LogP contribution in [0.4, 0.5) is 5.69 Å². The van der Waals surface area contributed by atoms with Crippen molar-refractivity contribution in [1.82, 2.24) is 14.9 Å². The normalized spacial score (nSPS) is 15.9. The van der Waals surface area contributed by atoms with E-state index in [0.29, 0.717) is 11.0 Å². The number of benzene rings is 1. The van der Waals surface area contributed by atoms with Crippen LogP contribution in [0.15, 0.2) is 34.0 Å². The molecule has 0 N–H and O–H groups in total. The van der Waals surface area contributed by atoms with Gasteiger partial charge in [0.2, 0.25) is 5.96 Å². The van der Waals surface area contributed by atoms with Crippen molar-refractivity contribution in [2.45, 2.75) is 118 Å². The van der Waals surface area contributed by atoms with Gasteiger partial charge in [-0.1, -0.05) is 0 Å². The number of ether oxygens (including phenoxy) is 8. The molecule has 23 nitrogen and oxygen atoms in total. The topological polar surface area (TPSA) is 289 Å². The van der Waals surface area contributed by atoms with E-state index in [1.54, 1.807) is 0 Å². The van der Waals surface area contributed by atoms with Crippen LogP contribution in [0.2, 0.25) is 0 Å². The Bertz CT molecular complexity index is 2170. The van der Waals surface area contributed by atoms with Crippen molar-refractivity contribution >= 4 is 98.2 Å². The lowest BCUT2D eigenvalue weighted by molar-refractivity contribution is -0.183. The van der Waals surface area contributed by atoms with Crippen molar-refractivity contribution in [3.8, 4) is 0 Å². The average Bonchev–Trinajstić information content (AvgIpc) is 3.69. The highest BCUT2D eigenvalue weighted by atomic mass is 79.9. The average molecular weight is 953 g/mol. The van der Waals surface area contributed by atoms with Crippen LogP contribution in [0.1, 0.15) is 69.2 Å². The second-order valence-electron chi connectivity index (χ2n) is 13.6. The van der Waals surface area contributed by atoms with Crippen LogP contribution >= 0.6 is 15.9 Å². The van der Waals surface area contributed by atoms with Gasteiger partial charge in [-0.2, -0.15) is 0 Å². The Morgan fingerprint density at radius 2 is 0.937 bits per heavy atom. The molecule has 342 valence electrons. The van der Waals surface area contributed by atoms with Crippen molar-refractivity contribution in [1.29, 1.82) is 0 Å². The van der Waals surface area contributed by atoms with E-state index in [0.717, 1.165) is 51.3 Å². The highest BCUT2D eigenvalue weighted by molar-refractivity contribution is 9.10. The third-order valence-electron chi connectivity index (χ3n) is 8.43. The first-order chi connectivity index (χ1) is 29.4. The summed E-state index contributed by atoms with van der Waals surface area (Å²) >= 11 is 3.45. The Morgan fingerprint density at radius 1 is 0.556 bits per heavy atom. The number of fused-ring (bicyclic) bond motifs is 1. The first-order valence-corrected chi connectivity index (χ1v) is 19.9. The van der Waals surface area contributed by atoms with Gasteiger partial charge in [0.05, 0.1) is 22.2 Å². The molecule has 0 spiro atoms. The zero-order chi connectivity index (χ0) is 47.5. The summed E-state index contributed by atoms with van der Waals surface area (Å²) in [6, 6.07) is 2.99. The smallest absolute Gasteiger partial charge is 0.347 e. The third kappa shape index (κ3) is 13.7. The van der Waals surface area contributed by atoms with Gasteiger partial charge in [0, 0.05) is 32.8 Å². The van der Waals surface area contributed by atoms with Gasteiger partial charge in [-0.3, -0.25) is 39.0 Å². The van der Waals surface area contributed by atoms with E-state index < -0.39 is 108 Å². The summed E-state index contributed by atoms with van der Waals surface area (Å²) in [4.78, 5) is 141. The van der Waals surface area contributed by atoms with Crippen molar-refractivity contribution in [3.63, 3.8) is 0 Å².